The van der Waals surface area contributed by atoms with Gasteiger partial charge in [-0.15, -0.1) is 0 Å². The molecule has 2 N–H and O–H groups in total. The maximum absolute atomic E-state index is 8.56. The van der Waals surface area contributed by atoms with Gasteiger partial charge in [-0.05, 0) is 0 Å². The molecule has 0 aliphatic heterocycles. The predicted molar refractivity (Wildman–Crippen MR) is 25.4 cm³/mol. The Bertz CT molecular complexity index is 71.1. The molecule has 0 aromatic rings. The molecule has 0 radical (unpaired) electrons. The molecule has 50 valence electrons. The van der Waals surface area contributed by atoms with E-state index in [1.165, 1.54) is 0 Å². The van der Waals surface area contributed by atoms with Crippen LogP contribution in [0.5, 0.6) is 0 Å². The molecule has 0 amide bonds. The Morgan fingerprint density at radius 2 is 1.33 bits per heavy atom. The molecule has 0 aromatic carbocycles. The number of hydrogen-bond acceptors (Lipinski definition) is 4. The van der Waals surface area contributed by atoms with Gasteiger partial charge in [-0.2, -0.15) is 0 Å². The van der Waals surface area contributed by atoms with E-state index in [9.17, 15) is 0 Å². The fourth-order valence-electron chi connectivity index (χ4n) is 0. The van der Waals surface area contributed by atoms with Crippen LogP contribution in [0.2, 0.25) is 0 Å². The Morgan fingerprint density at radius 1 is 1.33 bits per heavy atom. The van der Waals surface area contributed by atoms with Gasteiger partial charge in [0.2, 0.25) is 0 Å². The van der Waals surface area contributed by atoms with E-state index in [1.807, 2.05) is 0 Å². The van der Waals surface area contributed by atoms with Crippen molar-refractivity contribution in [2.24, 2.45) is 0 Å². The number of carbonyl (C=O) groups is 1. The summed E-state index contributed by atoms with van der Waals surface area (Å²) in [7, 11) is -3.63. The van der Waals surface area contributed by atoms with Gasteiger partial charge in [-0.1, -0.05) is 8.25 Å². The average molecular weight is 182 g/mol. The first-order valence-electron chi connectivity index (χ1n) is 1.26. The van der Waals surface area contributed by atoms with Crippen LogP contribution in [0.25, 0.3) is 0 Å². The maximum atomic E-state index is 8.56. The van der Waals surface area contributed by atoms with E-state index in [4.69, 9.17) is 29.4 Å². The van der Waals surface area contributed by atoms with E-state index in [2.05, 4.69) is 0 Å². The summed E-state index contributed by atoms with van der Waals surface area (Å²) in [5.41, 5.74) is 0. The molecule has 0 unspecified atom stereocenters. The molecular formula is CH3CaO6P. The normalized spacial score (nSPS) is 6.56. The van der Waals surface area contributed by atoms with Crippen molar-refractivity contribution in [3.63, 3.8) is 0 Å². The molecule has 0 aromatic heterocycles. The van der Waals surface area contributed by atoms with Crippen LogP contribution < -0.4 is 9.79 Å². The van der Waals surface area contributed by atoms with Crippen molar-refractivity contribution in [3.8, 4) is 0 Å². The monoisotopic (exact) mass is 182 g/mol. The summed E-state index contributed by atoms with van der Waals surface area (Å²) >= 11 is 0. The molecule has 0 saturated heterocycles. The van der Waals surface area contributed by atoms with Crippen molar-refractivity contribution in [3.05, 3.63) is 0 Å². The zero-order chi connectivity index (χ0) is 7.15. The molecule has 6 nitrogen and oxygen atoms in total. The Hall–Kier alpha value is 0.680. The third-order valence-corrected chi connectivity index (χ3v) is 0. The largest absolute Gasteiger partial charge is 2.00 e. The summed E-state index contributed by atoms with van der Waals surface area (Å²) in [5, 5.41) is 13.9. The van der Waals surface area contributed by atoms with Gasteiger partial charge in [-0.3, -0.25) is 0 Å². The van der Waals surface area contributed by atoms with Gasteiger partial charge < -0.3 is 24.6 Å². The molecule has 9 heavy (non-hydrogen) atoms. The molecule has 0 bridgehead atoms. The molecule has 0 aliphatic carbocycles. The van der Waals surface area contributed by atoms with Gasteiger partial charge in [0.25, 0.3) is 0 Å². The first kappa shape index (κ1) is 16.3. The minimum absolute atomic E-state index is 0. The average Bonchev–Trinajstić information content (AvgIpc) is 1.25. The van der Waals surface area contributed by atoms with Crippen LogP contribution in [0.4, 0.5) is 4.79 Å². The Labute approximate surface area is 81.1 Å². The summed E-state index contributed by atoms with van der Waals surface area (Å²) in [6, 6.07) is 0. The molecule has 0 saturated carbocycles. The van der Waals surface area contributed by atoms with E-state index >= 15 is 0 Å². The van der Waals surface area contributed by atoms with E-state index in [0.29, 0.717) is 0 Å². The van der Waals surface area contributed by atoms with Crippen LogP contribution in [-0.2, 0) is 4.57 Å². The number of rotatable bonds is 0. The molecular weight excluding hydrogens is 179 g/mol. The molecule has 0 heterocycles. The van der Waals surface area contributed by atoms with Gasteiger partial charge in [0.15, 0.2) is 0 Å². The van der Waals surface area contributed by atoms with Gasteiger partial charge in [-0.25, -0.2) is 4.79 Å². The number of carboxylic acid groups (broad SMARTS) is 2. The fraction of sp³-hybridized carbons (Fsp3) is 0. The SMILES string of the molecule is O=C(O)O.O=[PH]([O-])[O-].[Ca+2]. The van der Waals surface area contributed by atoms with E-state index in [0.717, 1.165) is 0 Å². The molecule has 8 heteroatoms. The van der Waals surface area contributed by atoms with Crippen molar-refractivity contribution in [1.29, 1.82) is 0 Å². The van der Waals surface area contributed by atoms with Crippen molar-refractivity contribution >= 4 is 52.1 Å². The van der Waals surface area contributed by atoms with Crippen LogP contribution in [0.15, 0.2) is 0 Å². The first-order valence-corrected chi connectivity index (χ1v) is 2.49. The zero-order valence-corrected chi connectivity index (χ0v) is 7.44. The zero-order valence-electron chi connectivity index (χ0n) is 4.23. The summed E-state index contributed by atoms with van der Waals surface area (Å²) in [5.74, 6) is 0. The predicted octanol–water partition coefficient (Wildman–Crippen LogP) is -2.06. The van der Waals surface area contributed by atoms with Crippen LogP contribution in [-0.4, -0.2) is 54.1 Å². The maximum Gasteiger partial charge on any atom is 2.00 e. The van der Waals surface area contributed by atoms with Crippen LogP contribution >= 0.6 is 8.25 Å². The quantitative estimate of drug-likeness (QED) is 0.328. The molecule has 0 aliphatic rings. The van der Waals surface area contributed by atoms with Crippen molar-refractivity contribution in [2.75, 3.05) is 0 Å². The second-order valence-corrected chi connectivity index (χ2v) is 1.03. The Morgan fingerprint density at radius 3 is 1.33 bits per heavy atom. The third kappa shape index (κ3) is 838. The third-order valence-electron chi connectivity index (χ3n) is 0. The minimum atomic E-state index is -3.63. The van der Waals surface area contributed by atoms with E-state index < -0.39 is 14.4 Å². The Kier molecular flexibility index (Phi) is 20.8. The standard InChI is InChI=1S/CH2O3.Ca.H3O3P/c2-1(3)4;;1-4(2)3/h(H2,2,3,4);;4H,(H2,1,2,3)/q;+2;/p-2. The summed E-state index contributed by atoms with van der Waals surface area (Å²) in [6.45, 7) is 0. The smallest absolute Gasteiger partial charge is 0.813 e. The fourth-order valence-corrected chi connectivity index (χ4v) is 0. The van der Waals surface area contributed by atoms with Gasteiger partial charge in [0.05, 0.1) is 0 Å². The summed E-state index contributed by atoms with van der Waals surface area (Å²) < 4.78 is 8.52. The summed E-state index contributed by atoms with van der Waals surface area (Å²) in [4.78, 5) is 25.6. The first-order chi connectivity index (χ1) is 3.46. The van der Waals surface area contributed by atoms with Crippen molar-refractivity contribution in [2.45, 2.75) is 0 Å². The van der Waals surface area contributed by atoms with Crippen LogP contribution in [0.3, 0.4) is 0 Å². The second kappa shape index (κ2) is 11.5. The second-order valence-electron chi connectivity index (χ2n) is 0.533. The number of hydrogen-bond donors (Lipinski definition) is 2. The van der Waals surface area contributed by atoms with Crippen LogP contribution in [0.1, 0.15) is 0 Å². The minimum Gasteiger partial charge on any atom is -0.813 e. The van der Waals surface area contributed by atoms with Gasteiger partial charge >= 0.3 is 43.9 Å². The van der Waals surface area contributed by atoms with Crippen molar-refractivity contribution < 1.29 is 29.4 Å². The topological polar surface area (TPSA) is 121 Å². The summed E-state index contributed by atoms with van der Waals surface area (Å²) in [6.07, 6.45) is -1.83. The molecule has 0 atom stereocenters. The molecule has 0 fully saturated rings. The Balaban J connectivity index is -0.0000000720. The molecule has 0 spiro atoms. The van der Waals surface area contributed by atoms with E-state index in [-0.39, 0.29) is 37.7 Å². The van der Waals surface area contributed by atoms with Crippen LogP contribution in [0, 0.1) is 0 Å². The van der Waals surface area contributed by atoms with E-state index in [1.54, 1.807) is 0 Å². The van der Waals surface area contributed by atoms with Gasteiger partial charge in [0.1, 0.15) is 0 Å². The van der Waals surface area contributed by atoms with Gasteiger partial charge in [0, 0.05) is 0 Å². The molecule has 0 rings (SSSR count). The van der Waals surface area contributed by atoms with Crippen molar-refractivity contribution in [1.82, 2.24) is 0 Å².